The van der Waals surface area contributed by atoms with Crippen molar-refractivity contribution in [3.63, 3.8) is 0 Å². The molecule has 15 nitrogen and oxygen atoms in total. The third-order valence-corrected chi connectivity index (χ3v) is 11.0. The van der Waals surface area contributed by atoms with Crippen molar-refractivity contribution in [2.75, 3.05) is 88.7 Å². The lowest BCUT2D eigenvalue weighted by molar-refractivity contribution is 0.0171. The maximum atomic E-state index is 13.3. The summed E-state index contributed by atoms with van der Waals surface area (Å²) in [5, 5.41) is 3.36. The van der Waals surface area contributed by atoms with Gasteiger partial charge in [0.1, 0.15) is 11.5 Å². The smallest absolute Gasteiger partial charge is 0.294 e. The number of anilines is 2. The van der Waals surface area contributed by atoms with Gasteiger partial charge in [0.05, 0.1) is 49.4 Å². The van der Waals surface area contributed by atoms with Crippen molar-refractivity contribution in [2.45, 2.75) is 43.4 Å². The summed E-state index contributed by atoms with van der Waals surface area (Å²) in [6.45, 7) is 12.9. The molecule has 52 heavy (non-hydrogen) atoms. The Balaban J connectivity index is 1.56. The standard InChI is InChI=1S/C35H48N6O9S2/c1-5-40(6-2)26-9-12-29-32(23-26)50-33-24-27(41(7-3)8-4)10-13-30(33)35(29)31-14-11-28(25-34(31)52(44,45)46)51(42,43)38-16-18-48-20-22-49-21-19-47-17-15-37-39-36/h9-14,23-25,35,38H,5-8,15-22H2,1-4H3,(H,44,45,46). The van der Waals surface area contributed by atoms with Gasteiger partial charge in [-0.25, -0.2) is 13.1 Å². The molecule has 0 bridgehead atoms. The van der Waals surface area contributed by atoms with Crippen LogP contribution in [0.2, 0.25) is 0 Å². The van der Waals surface area contributed by atoms with E-state index in [1.165, 1.54) is 12.1 Å². The second-order valence-corrected chi connectivity index (χ2v) is 14.8. The maximum Gasteiger partial charge on any atom is 0.294 e. The molecule has 3 aromatic carbocycles. The molecule has 3 aromatic rings. The molecular weight excluding hydrogens is 713 g/mol. The normalized spacial score (nSPS) is 12.8. The van der Waals surface area contributed by atoms with Crippen molar-refractivity contribution < 1.29 is 40.3 Å². The van der Waals surface area contributed by atoms with Crippen LogP contribution in [0.1, 0.15) is 50.3 Å². The molecule has 0 aliphatic carbocycles. The van der Waals surface area contributed by atoms with E-state index in [-0.39, 0.29) is 43.4 Å². The minimum absolute atomic E-state index is 0.0368. The average molecular weight is 761 g/mol. The van der Waals surface area contributed by atoms with Crippen LogP contribution >= 0.6 is 0 Å². The van der Waals surface area contributed by atoms with Crippen molar-refractivity contribution >= 4 is 31.5 Å². The van der Waals surface area contributed by atoms with Crippen LogP contribution < -0.4 is 19.3 Å². The number of sulfonamides is 1. The number of rotatable bonds is 22. The summed E-state index contributed by atoms with van der Waals surface area (Å²) in [6.07, 6.45) is 0. The Morgan fingerprint density at radius 1 is 0.750 bits per heavy atom. The molecule has 0 atom stereocenters. The lowest BCUT2D eigenvalue weighted by Gasteiger charge is -2.32. The monoisotopic (exact) mass is 760 g/mol. The molecule has 2 N–H and O–H groups in total. The van der Waals surface area contributed by atoms with Crippen LogP contribution in [-0.2, 0) is 34.4 Å². The highest BCUT2D eigenvalue weighted by Crippen LogP contribution is 2.50. The zero-order valence-corrected chi connectivity index (χ0v) is 31.7. The second-order valence-electron chi connectivity index (χ2n) is 11.7. The molecule has 1 heterocycles. The number of ether oxygens (including phenoxy) is 4. The van der Waals surface area contributed by atoms with E-state index in [9.17, 15) is 21.4 Å². The highest BCUT2D eigenvalue weighted by atomic mass is 32.2. The maximum absolute atomic E-state index is 13.3. The van der Waals surface area contributed by atoms with Crippen molar-refractivity contribution in [2.24, 2.45) is 5.11 Å². The number of nitrogens with zero attached hydrogens (tertiary/aromatic N) is 5. The molecule has 0 spiro atoms. The first-order valence-electron chi connectivity index (χ1n) is 17.3. The van der Waals surface area contributed by atoms with Gasteiger partial charge in [-0.05, 0) is 63.1 Å². The molecule has 0 unspecified atom stereocenters. The van der Waals surface area contributed by atoms with Gasteiger partial charge in [0.15, 0.2) is 0 Å². The first kappa shape index (κ1) is 40.8. The van der Waals surface area contributed by atoms with Gasteiger partial charge in [0.25, 0.3) is 10.1 Å². The Morgan fingerprint density at radius 3 is 1.75 bits per heavy atom. The van der Waals surface area contributed by atoms with Crippen molar-refractivity contribution in [3.05, 3.63) is 81.7 Å². The van der Waals surface area contributed by atoms with Gasteiger partial charge in [-0.1, -0.05) is 23.3 Å². The van der Waals surface area contributed by atoms with Gasteiger partial charge >= 0.3 is 0 Å². The summed E-state index contributed by atoms with van der Waals surface area (Å²) in [4.78, 5) is 6.13. The van der Waals surface area contributed by atoms with Crippen LogP contribution in [0.15, 0.2) is 69.5 Å². The van der Waals surface area contributed by atoms with Crippen LogP contribution in [0.4, 0.5) is 11.4 Å². The molecule has 0 amide bonds. The quantitative estimate of drug-likeness (QED) is 0.0336. The number of nitrogens with one attached hydrogen (secondary N) is 1. The Hall–Kier alpha value is -3.93. The average Bonchev–Trinajstić information content (AvgIpc) is 3.13. The van der Waals surface area contributed by atoms with Gasteiger partial charge in [-0.15, -0.1) is 0 Å². The summed E-state index contributed by atoms with van der Waals surface area (Å²) in [7, 11) is -9.08. The SMILES string of the molecule is CCN(CC)c1ccc2c(c1)Oc1cc(N(CC)CC)ccc1C2c1ccc(S(=O)(=O)NCCOCCOCCOCCN=[N+]=[N-])cc1S(=O)(=O)O. The molecule has 0 saturated carbocycles. The molecule has 4 rings (SSSR count). The topological polar surface area (TPSA) is 193 Å². The zero-order valence-electron chi connectivity index (χ0n) is 30.0. The van der Waals surface area contributed by atoms with E-state index in [4.69, 9.17) is 24.5 Å². The Kier molecular flexibility index (Phi) is 15.1. The van der Waals surface area contributed by atoms with Crippen LogP contribution in [-0.4, -0.2) is 100 Å². The summed E-state index contributed by atoms with van der Waals surface area (Å²) in [5.74, 6) is 0.384. The van der Waals surface area contributed by atoms with Crippen molar-refractivity contribution in [3.8, 4) is 11.5 Å². The van der Waals surface area contributed by atoms with E-state index in [2.05, 4.69) is 52.2 Å². The highest BCUT2D eigenvalue weighted by Gasteiger charge is 2.34. The van der Waals surface area contributed by atoms with Crippen LogP contribution in [0.3, 0.4) is 0 Å². The predicted octanol–water partition coefficient (Wildman–Crippen LogP) is 5.55. The fourth-order valence-electron chi connectivity index (χ4n) is 6.06. The summed E-state index contributed by atoms with van der Waals surface area (Å²) in [6, 6.07) is 15.3. The summed E-state index contributed by atoms with van der Waals surface area (Å²) < 4.78 is 88.0. The molecule has 0 fully saturated rings. The van der Waals surface area contributed by atoms with E-state index in [0.717, 1.165) is 43.6 Å². The van der Waals surface area contributed by atoms with Crippen LogP contribution in [0.25, 0.3) is 10.4 Å². The minimum atomic E-state index is -4.89. The van der Waals surface area contributed by atoms with Gasteiger partial charge in [-0.2, -0.15) is 8.42 Å². The van der Waals surface area contributed by atoms with E-state index in [1.807, 2.05) is 36.4 Å². The summed E-state index contributed by atoms with van der Waals surface area (Å²) >= 11 is 0. The molecule has 0 aromatic heterocycles. The van der Waals surface area contributed by atoms with E-state index >= 15 is 0 Å². The van der Waals surface area contributed by atoms with Crippen molar-refractivity contribution in [1.29, 1.82) is 0 Å². The number of hydrogen-bond donors (Lipinski definition) is 2. The molecular formula is C35H48N6O9S2. The lowest BCUT2D eigenvalue weighted by Crippen LogP contribution is -2.28. The number of benzene rings is 3. The van der Waals surface area contributed by atoms with Crippen LogP contribution in [0, 0.1) is 0 Å². The Labute approximate surface area is 306 Å². The lowest BCUT2D eigenvalue weighted by atomic mass is 9.82. The fourth-order valence-corrected chi connectivity index (χ4v) is 7.93. The Bertz CT molecular complexity index is 1850. The zero-order chi connectivity index (χ0) is 37.7. The largest absolute Gasteiger partial charge is 0.457 e. The molecule has 0 radical (unpaired) electrons. The molecule has 1 aliphatic rings. The molecule has 284 valence electrons. The molecule has 0 saturated heterocycles. The van der Waals surface area contributed by atoms with Crippen LogP contribution in [0.5, 0.6) is 11.5 Å². The number of fused-ring (bicyclic) bond motifs is 2. The molecule has 1 aliphatic heterocycles. The third kappa shape index (κ3) is 10.4. The highest BCUT2D eigenvalue weighted by molar-refractivity contribution is 7.89. The predicted molar refractivity (Wildman–Crippen MR) is 199 cm³/mol. The van der Waals surface area contributed by atoms with Gasteiger partial charge in [0.2, 0.25) is 10.0 Å². The first-order chi connectivity index (χ1) is 25.0. The van der Waals surface area contributed by atoms with Gasteiger partial charge in [-0.3, -0.25) is 4.55 Å². The van der Waals surface area contributed by atoms with E-state index in [0.29, 0.717) is 42.4 Å². The van der Waals surface area contributed by atoms with Gasteiger partial charge < -0.3 is 28.7 Å². The van der Waals surface area contributed by atoms with Crippen molar-refractivity contribution in [1.82, 2.24) is 4.72 Å². The number of hydrogen-bond acceptors (Lipinski definition) is 11. The molecule has 17 heteroatoms. The van der Waals surface area contributed by atoms with Gasteiger partial charge in [0, 0.05) is 84.7 Å². The first-order valence-corrected chi connectivity index (χ1v) is 20.2. The van der Waals surface area contributed by atoms with E-state index in [1.54, 1.807) is 0 Å². The number of azide groups is 1. The van der Waals surface area contributed by atoms with E-state index < -0.39 is 31.0 Å². The fraction of sp³-hybridized carbons (Fsp3) is 0.486. The Morgan fingerprint density at radius 2 is 1.25 bits per heavy atom. The second kappa shape index (κ2) is 19.2. The summed E-state index contributed by atoms with van der Waals surface area (Å²) in [5.41, 5.74) is 11.7. The third-order valence-electron chi connectivity index (χ3n) is 8.66. The minimum Gasteiger partial charge on any atom is -0.457 e.